The van der Waals surface area contributed by atoms with Crippen LogP contribution in [-0.4, -0.2) is 39.0 Å². The molecule has 162 valence electrons. The summed E-state index contributed by atoms with van der Waals surface area (Å²) in [6.45, 7) is 5.31. The molecule has 2 atom stereocenters. The molecule has 0 aliphatic carbocycles. The first-order chi connectivity index (χ1) is 14.9. The Morgan fingerprint density at radius 2 is 1.65 bits per heavy atom. The summed E-state index contributed by atoms with van der Waals surface area (Å²) in [5.41, 5.74) is 3.12. The Labute approximate surface area is 181 Å². The molecule has 0 radical (unpaired) electrons. The van der Waals surface area contributed by atoms with Crippen LogP contribution in [0.1, 0.15) is 32.4 Å². The van der Waals surface area contributed by atoms with E-state index in [0.717, 1.165) is 16.7 Å². The number of alkyl carbamates (subject to hydrolysis) is 1. The molecule has 3 rings (SSSR count). The third-order valence-corrected chi connectivity index (χ3v) is 4.54. The highest BCUT2D eigenvalue weighted by atomic mass is 16.6. The van der Waals surface area contributed by atoms with Crippen LogP contribution in [0.5, 0.6) is 0 Å². The van der Waals surface area contributed by atoms with E-state index in [1.165, 1.54) is 17.3 Å². The Morgan fingerprint density at radius 3 is 2.26 bits per heavy atom. The van der Waals surface area contributed by atoms with E-state index in [1.807, 2.05) is 61.5 Å². The van der Waals surface area contributed by atoms with Gasteiger partial charge in [0.1, 0.15) is 12.7 Å². The molecule has 2 aromatic carbocycles. The van der Waals surface area contributed by atoms with Crippen molar-refractivity contribution in [2.45, 2.75) is 45.6 Å². The molecule has 0 saturated carbocycles. The van der Waals surface area contributed by atoms with Crippen LogP contribution < -0.4 is 5.32 Å². The Morgan fingerprint density at radius 1 is 0.968 bits per heavy atom. The zero-order valence-electron chi connectivity index (χ0n) is 17.8. The van der Waals surface area contributed by atoms with Crippen LogP contribution in [0, 0.1) is 0 Å². The quantitative estimate of drug-likeness (QED) is 0.556. The molecular formula is C23H26N4O4. The van der Waals surface area contributed by atoms with Crippen LogP contribution in [0.15, 0.2) is 67.3 Å². The van der Waals surface area contributed by atoms with E-state index in [4.69, 9.17) is 9.47 Å². The number of hydrogen-bond acceptors (Lipinski definition) is 6. The first kappa shape index (κ1) is 22.0. The smallest absolute Gasteiger partial charge is 0.408 e. The predicted molar refractivity (Wildman–Crippen MR) is 115 cm³/mol. The van der Waals surface area contributed by atoms with E-state index < -0.39 is 18.2 Å². The number of esters is 1. The third kappa shape index (κ3) is 6.40. The minimum absolute atomic E-state index is 0.0130. The Bertz CT molecular complexity index is 973. The molecule has 0 aliphatic heterocycles. The lowest BCUT2D eigenvalue weighted by Gasteiger charge is -2.20. The summed E-state index contributed by atoms with van der Waals surface area (Å²) in [5, 5.41) is 6.71. The van der Waals surface area contributed by atoms with E-state index in [-0.39, 0.29) is 18.7 Å². The molecule has 8 heteroatoms. The third-order valence-electron chi connectivity index (χ3n) is 4.54. The lowest BCUT2D eigenvalue weighted by molar-refractivity contribution is -0.158. The van der Waals surface area contributed by atoms with Gasteiger partial charge in [0.2, 0.25) is 6.10 Å². The van der Waals surface area contributed by atoms with Crippen molar-refractivity contribution in [2.75, 3.05) is 0 Å². The van der Waals surface area contributed by atoms with Gasteiger partial charge in [0.05, 0.1) is 18.7 Å². The molecule has 1 N–H and O–H groups in total. The van der Waals surface area contributed by atoms with Crippen LogP contribution in [0.3, 0.4) is 0 Å². The van der Waals surface area contributed by atoms with Gasteiger partial charge in [-0.2, -0.15) is 5.10 Å². The van der Waals surface area contributed by atoms with E-state index in [2.05, 4.69) is 15.4 Å². The SMILES string of the molecule is CC(C)OC(=O)[C@@H](Cn1cncn1)OC(=O)N[C@@H](C)c1ccc(-c2ccccc2)cc1. The average Bonchev–Trinajstić information content (AvgIpc) is 3.26. The van der Waals surface area contributed by atoms with E-state index in [9.17, 15) is 9.59 Å². The normalized spacial score (nSPS) is 12.8. The topological polar surface area (TPSA) is 95.3 Å². The molecule has 8 nitrogen and oxygen atoms in total. The predicted octanol–water partition coefficient (Wildman–Crippen LogP) is 3.75. The van der Waals surface area contributed by atoms with Crippen LogP contribution in [0.2, 0.25) is 0 Å². The van der Waals surface area contributed by atoms with Gasteiger partial charge in [-0.25, -0.2) is 19.3 Å². The minimum Gasteiger partial charge on any atom is -0.460 e. The molecule has 0 saturated heterocycles. The molecule has 31 heavy (non-hydrogen) atoms. The van der Waals surface area contributed by atoms with Crippen molar-refractivity contribution in [3.8, 4) is 11.1 Å². The number of ether oxygens (including phenoxy) is 2. The first-order valence-corrected chi connectivity index (χ1v) is 10.1. The summed E-state index contributed by atoms with van der Waals surface area (Å²) in [7, 11) is 0. The van der Waals surface area contributed by atoms with Crippen molar-refractivity contribution >= 4 is 12.1 Å². The van der Waals surface area contributed by atoms with Crippen LogP contribution >= 0.6 is 0 Å². The van der Waals surface area contributed by atoms with Crippen LogP contribution in [-0.2, 0) is 20.8 Å². The van der Waals surface area contributed by atoms with Crippen molar-refractivity contribution in [3.05, 3.63) is 72.8 Å². The minimum atomic E-state index is -1.14. The summed E-state index contributed by atoms with van der Waals surface area (Å²) >= 11 is 0. The second kappa shape index (κ2) is 10.4. The molecular weight excluding hydrogens is 396 g/mol. The zero-order chi connectivity index (χ0) is 22.2. The highest BCUT2D eigenvalue weighted by Gasteiger charge is 2.27. The summed E-state index contributed by atoms with van der Waals surface area (Å²) in [6.07, 6.45) is 0.585. The van der Waals surface area contributed by atoms with Gasteiger partial charge in [-0.05, 0) is 37.5 Å². The number of aromatic nitrogens is 3. The van der Waals surface area contributed by atoms with Gasteiger partial charge in [0, 0.05) is 0 Å². The first-order valence-electron chi connectivity index (χ1n) is 10.1. The van der Waals surface area contributed by atoms with E-state index in [1.54, 1.807) is 13.8 Å². The second-order valence-corrected chi connectivity index (χ2v) is 7.35. The van der Waals surface area contributed by atoms with Crippen molar-refractivity contribution < 1.29 is 19.1 Å². The maximum absolute atomic E-state index is 12.5. The fourth-order valence-electron chi connectivity index (χ4n) is 2.98. The molecule has 1 amide bonds. The number of carbonyl (C=O) groups excluding carboxylic acids is 2. The summed E-state index contributed by atoms with van der Waals surface area (Å²) in [5.74, 6) is -0.638. The monoisotopic (exact) mass is 422 g/mol. The highest BCUT2D eigenvalue weighted by Crippen LogP contribution is 2.22. The van der Waals surface area contributed by atoms with Crippen molar-refractivity contribution in [2.24, 2.45) is 0 Å². The molecule has 0 aliphatic rings. The number of amides is 1. The molecule has 0 unspecified atom stereocenters. The van der Waals surface area contributed by atoms with Gasteiger partial charge in [-0.3, -0.25) is 0 Å². The maximum Gasteiger partial charge on any atom is 0.408 e. The lowest BCUT2D eigenvalue weighted by Crippen LogP contribution is -2.38. The maximum atomic E-state index is 12.5. The molecule has 0 fully saturated rings. The van der Waals surface area contributed by atoms with Gasteiger partial charge in [0.15, 0.2) is 0 Å². The van der Waals surface area contributed by atoms with Crippen molar-refractivity contribution in [1.82, 2.24) is 20.1 Å². The Hall–Kier alpha value is -3.68. The molecule has 1 aromatic heterocycles. The number of nitrogens with zero attached hydrogens (tertiary/aromatic N) is 3. The molecule has 1 heterocycles. The number of nitrogens with one attached hydrogen (secondary N) is 1. The largest absolute Gasteiger partial charge is 0.460 e. The average molecular weight is 422 g/mol. The number of benzene rings is 2. The van der Waals surface area contributed by atoms with Gasteiger partial charge < -0.3 is 14.8 Å². The van der Waals surface area contributed by atoms with Gasteiger partial charge in [-0.15, -0.1) is 0 Å². The number of hydrogen-bond donors (Lipinski definition) is 1. The summed E-state index contributed by atoms with van der Waals surface area (Å²) < 4.78 is 12.0. The highest BCUT2D eigenvalue weighted by molar-refractivity contribution is 5.79. The van der Waals surface area contributed by atoms with Crippen LogP contribution in [0.25, 0.3) is 11.1 Å². The van der Waals surface area contributed by atoms with Crippen molar-refractivity contribution in [1.29, 1.82) is 0 Å². The Balaban J connectivity index is 1.62. The standard InChI is InChI=1S/C23H26N4O4/c1-16(2)30-22(28)21(13-27-15-24-14-25-27)31-23(29)26-17(3)18-9-11-20(12-10-18)19-7-5-4-6-8-19/h4-12,14-17,21H,13H2,1-3H3,(H,26,29)/t17-,21+/m0/s1. The number of carbonyl (C=O) groups is 2. The van der Waals surface area contributed by atoms with Gasteiger partial charge in [0.25, 0.3) is 0 Å². The zero-order valence-corrected chi connectivity index (χ0v) is 17.8. The Kier molecular flexibility index (Phi) is 7.37. The number of rotatable bonds is 8. The summed E-state index contributed by atoms with van der Waals surface area (Å²) in [6, 6.07) is 17.6. The van der Waals surface area contributed by atoms with E-state index >= 15 is 0 Å². The fourth-order valence-corrected chi connectivity index (χ4v) is 2.98. The van der Waals surface area contributed by atoms with Crippen LogP contribution in [0.4, 0.5) is 4.79 Å². The lowest BCUT2D eigenvalue weighted by atomic mass is 10.0. The molecule has 0 spiro atoms. The van der Waals surface area contributed by atoms with E-state index in [0.29, 0.717) is 0 Å². The van der Waals surface area contributed by atoms with Gasteiger partial charge in [-0.1, -0.05) is 54.6 Å². The van der Waals surface area contributed by atoms with Gasteiger partial charge >= 0.3 is 12.1 Å². The molecule has 3 aromatic rings. The second-order valence-electron chi connectivity index (χ2n) is 7.35. The molecule has 0 bridgehead atoms. The summed E-state index contributed by atoms with van der Waals surface area (Å²) in [4.78, 5) is 28.6. The fraction of sp³-hybridized carbons (Fsp3) is 0.304. The van der Waals surface area contributed by atoms with Crippen molar-refractivity contribution in [3.63, 3.8) is 0 Å².